The Morgan fingerprint density at radius 1 is 1.26 bits per heavy atom. The van der Waals surface area contributed by atoms with Gasteiger partial charge in [-0.15, -0.1) is 0 Å². The molecule has 0 aromatic heterocycles. The van der Waals surface area contributed by atoms with Crippen LogP contribution in [0.2, 0.25) is 10.0 Å². The maximum Gasteiger partial charge on any atom is 0.326 e. The van der Waals surface area contributed by atoms with Crippen LogP contribution in [0.25, 0.3) is 0 Å². The van der Waals surface area contributed by atoms with E-state index in [1.54, 1.807) is 6.07 Å². The zero-order chi connectivity index (χ0) is 14.2. The van der Waals surface area contributed by atoms with Crippen molar-refractivity contribution in [1.29, 1.82) is 0 Å². The molecule has 1 heterocycles. The Balaban J connectivity index is 2.36. The van der Waals surface area contributed by atoms with Gasteiger partial charge in [0, 0.05) is 13.0 Å². The molecular formula is C12H11Cl2NO4. The van der Waals surface area contributed by atoms with Crippen LogP contribution in [-0.4, -0.2) is 45.7 Å². The number of carboxylic acids is 1. The average molecular weight is 304 g/mol. The van der Waals surface area contributed by atoms with Crippen molar-refractivity contribution in [3.63, 3.8) is 0 Å². The molecule has 0 saturated carbocycles. The topological polar surface area (TPSA) is 77.8 Å². The van der Waals surface area contributed by atoms with Gasteiger partial charge in [0.2, 0.25) is 0 Å². The summed E-state index contributed by atoms with van der Waals surface area (Å²) in [6, 6.07) is 3.54. The molecule has 1 amide bonds. The van der Waals surface area contributed by atoms with Crippen molar-refractivity contribution in [3.05, 3.63) is 33.8 Å². The molecular weight excluding hydrogens is 293 g/mol. The van der Waals surface area contributed by atoms with E-state index in [4.69, 9.17) is 28.3 Å². The van der Waals surface area contributed by atoms with E-state index in [9.17, 15) is 14.7 Å². The Bertz CT molecular complexity index is 514. The second-order valence-corrected chi connectivity index (χ2v) is 5.11. The maximum absolute atomic E-state index is 12.3. The number of aliphatic hydroxyl groups excluding tert-OH is 1. The highest BCUT2D eigenvalue weighted by Crippen LogP contribution is 2.29. The Hall–Kier alpha value is -1.30. The Morgan fingerprint density at radius 2 is 1.84 bits per heavy atom. The van der Waals surface area contributed by atoms with E-state index in [0.29, 0.717) is 0 Å². The molecule has 0 bridgehead atoms. The summed E-state index contributed by atoms with van der Waals surface area (Å²) in [4.78, 5) is 24.5. The third kappa shape index (κ3) is 2.68. The molecule has 0 spiro atoms. The van der Waals surface area contributed by atoms with Crippen LogP contribution in [-0.2, 0) is 4.79 Å². The minimum Gasteiger partial charge on any atom is -0.480 e. The molecule has 2 atom stereocenters. The van der Waals surface area contributed by atoms with E-state index in [1.165, 1.54) is 12.1 Å². The predicted octanol–water partition coefficient (Wildman–Crippen LogP) is 1.65. The van der Waals surface area contributed by atoms with E-state index in [-0.39, 0.29) is 28.6 Å². The molecule has 2 N–H and O–H groups in total. The fourth-order valence-corrected chi connectivity index (χ4v) is 2.68. The zero-order valence-corrected chi connectivity index (χ0v) is 11.2. The van der Waals surface area contributed by atoms with Crippen molar-refractivity contribution in [3.8, 4) is 0 Å². The van der Waals surface area contributed by atoms with E-state index < -0.39 is 24.0 Å². The summed E-state index contributed by atoms with van der Waals surface area (Å²) < 4.78 is 0. The molecule has 1 aromatic rings. The van der Waals surface area contributed by atoms with Crippen molar-refractivity contribution in [2.45, 2.75) is 18.6 Å². The quantitative estimate of drug-likeness (QED) is 0.871. The Kier molecular flexibility index (Phi) is 3.99. The van der Waals surface area contributed by atoms with Crippen LogP contribution in [0.3, 0.4) is 0 Å². The van der Waals surface area contributed by atoms with Crippen molar-refractivity contribution in [1.82, 2.24) is 4.90 Å². The first-order chi connectivity index (χ1) is 8.91. The van der Waals surface area contributed by atoms with E-state index in [2.05, 4.69) is 0 Å². The van der Waals surface area contributed by atoms with Gasteiger partial charge in [-0.05, 0) is 12.1 Å². The third-order valence-corrected chi connectivity index (χ3v) is 3.63. The lowest BCUT2D eigenvalue weighted by Gasteiger charge is -2.22. The first-order valence-electron chi connectivity index (χ1n) is 5.57. The largest absolute Gasteiger partial charge is 0.480 e. The second kappa shape index (κ2) is 5.36. The highest BCUT2D eigenvalue weighted by Gasteiger charge is 2.40. The molecule has 102 valence electrons. The average Bonchev–Trinajstić information content (AvgIpc) is 2.71. The van der Waals surface area contributed by atoms with Crippen molar-refractivity contribution in [2.24, 2.45) is 0 Å². The summed E-state index contributed by atoms with van der Waals surface area (Å²) in [6.07, 6.45) is -0.852. The first kappa shape index (κ1) is 14.1. The predicted molar refractivity (Wildman–Crippen MR) is 69.5 cm³/mol. The summed E-state index contributed by atoms with van der Waals surface area (Å²) >= 11 is 11.8. The number of halogens is 2. The fraction of sp³-hybridized carbons (Fsp3) is 0.333. The number of carbonyl (C=O) groups excluding carboxylic acids is 1. The lowest BCUT2D eigenvalue weighted by Crippen LogP contribution is -2.40. The van der Waals surface area contributed by atoms with Gasteiger partial charge in [-0.1, -0.05) is 29.3 Å². The summed E-state index contributed by atoms with van der Waals surface area (Å²) in [7, 11) is 0. The van der Waals surface area contributed by atoms with Gasteiger partial charge in [0.1, 0.15) is 6.04 Å². The lowest BCUT2D eigenvalue weighted by molar-refractivity contribution is -0.141. The van der Waals surface area contributed by atoms with Crippen LogP contribution in [0, 0.1) is 0 Å². The van der Waals surface area contributed by atoms with E-state index in [0.717, 1.165) is 4.90 Å². The molecule has 0 unspecified atom stereocenters. The number of amides is 1. The number of likely N-dealkylation sites (tertiary alicyclic amines) is 1. The SMILES string of the molecule is O=C(O)[C@H]1C[C@@H](O)CN1C(=O)c1c(Cl)cccc1Cl. The smallest absolute Gasteiger partial charge is 0.326 e. The fourth-order valence-electron chi connectivity index (χ4n) is 2.12. The number of hydrogen-bond acceptors (Lipinski definition) is 3. The minimum absolute atomic E-state index is 0.00312. The number of benzene rings is 1. The molecule has 1 aliphatic rings. The molecule has 1 aromatic carbocycles. The number of nitrogens with zero attached hydrogens (tertiary/aromatic N) is 1. The van der Waals surface area contributed by atoms with Gasteiger partial charge in [-0.25, -0.2) is 4.79 Å². The van der Waals surface area contributed by atoms with Gasteiger partial charge in [-0.2, -0.15) is 0 Å². The van der Waals surface area contributed by atoms with Crippen molar-refractivity contribution in [2.75, 3.05) is 6.54 Å². The highest BCUT2D eigenvalue weighted by molar-refractivity contribution is 6.39. The molecule has 0 radical (unpaired) electrons. The van der Waals surface area contributed by atoms with Crippen LogP contribution < -0.4 is 0 Å². The summed E-state index contributed by atoms with van der Waals surface area (Å²) in [5.41, 5.74) is 0.0613. The van der Waals surface area contributed by atoms with Gasteiger partial charge >= 0.3 is 5.97 Å². The van der Waals surface area contributed by atoms with Crippen LogP contribution in [0.15, 0.2) is 18.2 Å². The second-order valence-electron chi connectivity index (χ2n) is 4.30. The monoisotopic (exact) mass is 303 g/mol. The van der Waals surface area contributed by atoms with Crippen molar-refractivity contribution < 1.29 is 19.8 Å². The molecule has 0 aliphatic carbocycles. The normalized spacial score (nSPS) is 22.6. The number of aliphatic hydroxyl groups is 1. The standard InChI is InChI=1S/C12H11Cl2NO4/c13-7-2-1-3-8(14)10(7)11(17)15-5-6(16)4-9(15)12(18)19/h1-3,6,9,16H,4-5H2,(H,18,19)/t6-,9-/m1/s1. The number of carbonyl (C=O) groups is 2. The van der Waals surface area contributed by atoms with E-state index >= 15 is 0 Å². The molecule has 19 heavy (non-hydrogen) atoms. The van der Waals surface area contributed by atoms with Crippen LogP contribution in [0.1, 0.15) is 16.8 Å². The molecule has 1 aliphatic heterocycles. The van der Waals surface area contributed by atoms with Crippen LogP contribution in [0.4, 0.5) is 0 Å². The zero-order valence-electron chi connectivity index (χ0n) is 9.72. The molecule has 1 saturated heterocycles. The lowest BCUT2D eigenvalue weighted by atomic mass is 10.1. The van der Waals surface area contributed by atoms with Crippen LogP contribution in [0.5, 0.6) is 0 Å². The minimum atomic E-state index is -1.16. The highest BCUT2D eigenvalue weighted by atomic mass is 35.5. The maximum atomic E-state index is 12.3. The number of aliphatic carboxylic acids is 1. The van der Waals surface area contributed by atoms with Gasteiger partial charge in [0.05, 0.1) is 21.7 Å². The number of rotatable bonds is 2. The van der Waals surface area contributed by atoms with Crippen LogP contribution >= 0.6 is 23.2 Å². The Morgan fingerprint density at radius 3 is 2.37 bits per heavy atom. The summed E-state index contributed by atoms with van der Waals surface area (Å²) in [5.74, 6) is -1.74. The molecule has 1 fully saturated rings. The molecule has 2 rings (SSSR count). The number of hydrogen-bond donors (Lipinski definition) is 2. The number of carboxylic acid groups (broad SMARTS) is 1. The number of β-amino-alcohol motifs (C(OH)–C–C–N with tert-alkyl or cyclic N) is 1. The van der Waals surface area contributed by atoms with Gasteiger partial charge in [0.15, 0.2) is 0 Å². The van der Waals surface area contributed by atoms with E-state index in [1.807, 2.05) is 0 Å². The van der Waals surface area contributed by atoms with Gasteiger partial charge < -0.3 is 15.1 Å². The third-order valence-electron chi connectivity index (χ3n) is 3.00. The Labute approximate surface area is 119 Å². The first-order valence-corrected chi connectivity index (χ1v) is 6.33. The van der Waals surface area contributed by atoms with Crippen molar-refractivity contribution >= 4 is 35.1 Å². The van der Waals surface area contributed by atoms with Gasteiger partial charge in [0.25, 0.3) is 5.91 Å². The summed E-state index contributed by atoms with van der Waals surface area (Å²) in [6.45, 7) is -0.0443. The van der Waals surface area contributed by atoms with Gasteiger partial charge in [-0.3, -0.25) is 4.79 Å². The summed E-state index contributed by atoms with van der Waals surface area (Å²) in [5, 5.41) is 18.9. The molecule has 7 heteroatoms. The molecule has 5 nitrogen and oxygen atoms in total.